The second kappa shape index (κ2) is 7.95. The largest absolute Gasteiger partial charge is 0.493 e. The maximum absolute atomic E-state index is 13.6. The quantitative estimate of drug-likeness (QED) is 0.623. The van der Waals surface area contributed by atoms with Gasteiger partial charge in [0, 0.05) is 30.1 Å². The number of rotatable bonds is 5. The van der Waals surface area contributed by atoms with Crippen LogP contribution in [-0.4, -0.2) is 46.9 Å². The van der Waals surface area contributed by atoms with E-state index >= 15 is 0 Å². The zero-order valence-corrected chi connectivity index (χ0v) is 18.6. The van der Waals surface area contributed by atoms with Crippen molar-refractivity contribution in [2.24, 2.45) is 5.92 Å². The molecule has 1 saturated heterocycles. The Morgan fingerprint density at radius 3 is 2.88 bits per heavy atom. The first kappa shape index (κ1) is 20.4. The molecule has 1 aromatic heterocycles. The third-order valence-corrected chi connectivity index (χ3v) is 7.68. The molecule has 33 heavy (non-hydrogen) atoms. The van der Waals surface area contributed by atoms with E-state index in [0.29, 0.717) is 30.3 Å². The molecule has 0 radical (unpaired) electrons. The van der Waals surface area contributed by atoms with E-state index in [1.54, 1.807) is 17.6 Å². The first-order valence-electron chi connectivity index (χ1n) is 11.1. The molecule has 3 aliphatic rings. The molecule has 6 rings (SSSR count). The number of amides is 2. The fourth-order valence-electron chi connectivity index (χ4n) is 5.12. The molecule has 2 aromatic carbocycles. The number of benzene rings is 2. The number of hydrogen-bond donors (Lipinski definition) is 1. The van der Waals surface area contributed by atoms with E-state index in [-0.39, 0.29) is 29.7 Å². The minimum absolute atomic E-state index is 0.0685. The molecule has 0 spiro atoms. The van der Waals surface area contributed by atoms with Gasteiger partial charge in [-0.2, -0.15) is 0 Å². The van der Waals surface area contributed by atoms with Crippen molar-refractivity contribution in [3.05, 3.63) is 70.6 Å². The Balaban J connectivity index is 1.19. The van der Waals surface area contributed by atoms with Crippen LogP contribution < -0.4 is 10.1 Å². The van der Waals surface area contributed by atoms with Crippen LogP contribution in [0.5, 0.6) is 5.75 Å². The summed E-state index contributed by atoms with van der Waals surface area (Å²) in [6.07, 6.45) is 2.60. The molecule has 0 bridgehead atoms. The number of aromatic nitrogens is 1. The molecule has 2 amide bonds. The summed E-state index contributed by atoms with van der Waals surface area (Å²) in [5.74, 6) is 0.694. The van der Waals surface area contributed by atoms with Crippen molar-refractivity contribution >= 4 is 23.2 Å². The second-order valence-electron chi connectivity index (χ2n) is 8.79. The van der Waals surface area contributed by atoms with Gasteiger partial charge >= 0.3 is 0 Å². The topological polar surface area (TPSA) is 71.5 Å². The van der Waals surface area contributed by atoms with Crippen LogP contribution >= 0.6 is 11.3 Å². The van der Waals surface area contributed by atoms with E-state index in [1.165, 1.54) is 23.5 Å². The molecule has 1 N–H and O–H groups in total. The summed E-state index contributed by atoms with van der Waals surface area (Å²) in [7, 11) is 0. The predicted molar refractivity (Wildman–Crippen MR) is 122 cm³/mol. The Bertz CT molecular complexity index is 1240. The summed E-state index contributed by atoms with van der Waals surface area (Å²) in [6.45, 7) is 0.996. The van der Waals surface area contributed by atoms with Crippen LogP contribution in [0.1, 0.15) is 39.3 Å². The predicted octanol–water partition coefficient (Wildman–Crippen LogP) is 3.92. The van der Waals surface area contributed by atoms with Gasteiger partial charge in [0.1, 0.15) is 17.3 Å². The van der Waals surface area contributed by atoms with E-state index < -0.39 is 0 Å². The molecule has 3 heterocycles. The van der Waals surface area contributed by atoms with Gasteiger partial charge in [-0.15, -0.1) is 11.3 Å². The molecule has 3 atom stereocenters. The van der Waals surface area contributed by atoms with Crippen LogP contribution in [0, 0.1) is 11.7 Å². The Labute approximate surface area is 194 Å². The fraction of sp³-hybridized carbons (Fsp3) is 0.320. The summed E-state index contributed by atoms with van der Waals surface area (Å²) in [5.41, 5.74) is 4.42. The summed E-state index contributed by atoms with van der Waals surface area (Å²) in [4.78, 5) is 33.5. The first-order valence-corrected chi connectivity index (χ1v) is 12.0. The van der Waals surface area contributed by atoms with Crippen LogP contribution in [0.4, 0.5) is 4.39 Å². The van der Waals surface area contributed by atoms with Gasteiger partial charge in [0.15, 0.2) is 0 Å². The van der Waals surface area contributed by atoms with Crippen molar-refractivity contribution in [1.82, 2.24) is 15.2 Å². The number of nitrogens with zero attached hydrogens (tertiary/aromatic N) is 2. The lowest BCUT2D eigenvalue weighted by atomic mass is 10.0. The average Bonchev–Trinajstić information content (AvgIpc) is 3.22. The summed E-state index contributed by atoms with van der Waals surface area (Å²) in [5, 5.41) is 3.05. The normalized spacial score (nSPS) is 22.5. The van der Waals surface area contributed by atoms with Crippen molar-refractivity contribution in [3.63, 3.8) is 0 Å². The lowest BCUT2D eigenvalue weighted by Gasteiger charge is -2.27. The number of hydrogen-bond acceptors (Lipinski definition) is 5. The van der Waals surface area contributed by atoms with E-state index in [1.807, 2.05) is 23.1 Å². The van der Waals surface area contributed by atoms with Crippen molar-refractivity contribution in [2.75, 3.05) is 13.2 Å². The molecule has 2 fully saturated rings. The highest BCUT2D eigenvalue weighted by atomic mass is 32.1. The molecule has 1 saturated carbocycles. The standard InChI is InChI=1S/C25H22FN3O3S/c26-16-6-4-14(5-7-16)23-22(28-13-33-23)25(31)29-17(10-15-11-20(15)29)12-27-24(30)19-2-1-3-21-18(19)8-9-32-21/h1-7,13,15,17,20H,8-12H2,(H,27,30)/t15-,17+,20+/m1/s1. The number of likely N-dealkylation sites (tertiary alicyclic amines) is 1. The zero-order chi connectivity index (χ0) is 22.5. The van der Waals surface area contributed by atoms with Crippen molar-refractivity contribution in [1.29, 1.82) is 0 Å². The van der Waals surface area contributed by atoms with Crippen LogP contribution in [0.3, 0.4) is 0 Å². The van der Waals surface area contributed by atoms with Gasteiger partial charge in [-0.3, -0.25) is 9.59 Å². The fourth-order valence-corrected chi connectivity index (χ4v) is 5.91. The number of carbonyl (C=O) groups is 2. The average molecular weight is 464 g/mol. The number of ether oxygens (including phenoxy) is 1. The van der Waals surface area contributed by atoms with Crippen LogP contribution in [-0.2, 0) is 6.42 Å². The molecule has 1 aliphatic carbocycles. The van der Waals surface area contributed by atoms with Gasteiger partial charge in [0.25, 0.3) is 11.8 Å². The second-order valence-corrected chi connectivity index (χ2v) is 9.65. The number of nitrogens with one attached hydrogen (secondary N) is 1. The van der Waals surface area contributed by atoms with Crippen LogP contribution in [0.25, 0.3) is 10.4 Å². The highest BCUT2D eigenvalue weighted by Crippen LogP contribution is 2.48. The van der Waals surface area contributed by atoms with E-state index in [0.717, 1.165) is 41.0 Å². The van der Waals surface area contributed by atoms with Crippen molar-refractivity contribution < 1.29 is 18.7 Å². The first-order chi connectivity index (χ1) is 16.1. The number of fused-ring (bicyclic) bond motifs is 2. The van der Waals surface area contributed by atoms with E-state index in [4.69, 9.17) is 4.74 Å². The maximum atomic E-state index is 13.6. The van der Waals surface area contributed by atoms with Gasteiger partial charge in [-0.05, 0) is 48.6 Å². The van der Waals surface area contributed by atoms with Crippen LogP contribution in [0.2, 0.25) is 0 Å². The lowest BCUT2D eigenvalue weighted by molar-refractivity contribution is 0.0684. The third kappa shape index (κ3) is 3.58. The van der Waals surface area contributed by atoms with Gasteiger partial charge in [-0.25, -0.2) is 9.37 Å². The van der Waals surface area contributed by atoms with Gasteiger partial charge in [-0.1, -0.05) is 18.2 Å². The molecular formula is C25H22FN3O3S. The molecule has 6 nitrogen and oxygen atoms in total. The number of halogens is 1. The Kier molecular flexibility index (Phi) is 4.90. The van der Waals surface area contributed by atoms with Crippen molar-refractivity contribution in [3.8, 4) is 16.2 Å². The maximum Gasteiger partial charge on any atom is 0.274 e. The third-order valence-electron chi connectivity index (χ3n) is 6.81. The number of thiazole rings is 1. The Hall–Kier alpha value is -3.26. The van der Waals surface area contributed by atoms with E-state index in [2.05, 4.69) is 10.3 Å². The summed E-state index contributed by atoms with van der Waals surface area (Å²) in [6, 6.07) is 11.8. The minimum Gasteiger partial charge on any atom is -0.493 e. The molecule has 8 heteroatoms. The SMILES string of the molecule is O=C(NC[C@@H]1C[C@@H]2C[C@@H]2N1C(=O)c1ncsc1-c1ccc(F)cc1)c1cccc2c1CCO2. The van der Waals surface area contributed by atoms with E-state index in [9.17, 15) is 14.0 Å². The zero-order valence-electron chi connectivity index (χ0n) is 17.8. The molecule has 168 valence electrons. The number of carbonyl (C=O) groups excluding carboxylic acids is 2. The van der Waals surface area contributed by atoms with Crippen LogP contribution in [0.15, 0.2) is 48.0 Å². The van der Waals surface area contributed by atoms with Gasteiger partial charge < -0.3 is 15.0 Å². The molecule has 2 aliphatic heterocycles. The highest BCUT2D eigenvalue weighted by molar-refractivity contribution is 7.13. The molecular weight excluding hydrogens is 441 g/mol. The smallest absolute Gasteiger partial charge is 0.274 e. The highest BCUT2D eigenvalue weighted by Gasteiger charge is 2.54. The minimum atomic E-state index is -0.317. The Morgan fingerprint density at radius 2 is 2.03 bits per heavy atom. The Morgan fingerprint density at radius 1 is 1.18 bits per heavy atom. The van der Waals surface area contributed by atoms with Gasteiger partial charge in [0.05, 0.1) is 23.0 Å². The van der Waals surface area contributed by atoms with Crippen molar-refractivity contribution in [2.45, 2.75) is 31.3 Å². The number of piperidine rings is 1. The van der Waals surface area contributed by atoms with Gasteiger partial charge in [0.2, 0.25) is 0 Å². The monoisotopic (exact) mass is 463 g/mol. The molecule has 0 unspecified atom stereocenters. The summed E-state index contributed by atoms with van der Waals surface area (Å²) >= 11 is 1.38. The summed E-state index contributed by atoms with van der Waals surface area (Å²) < 4.78 is 18.9. The lowest BCUT2D eigenvalue weighted by Crippen LogP contribution is -2.45. The molecule has 3 aromatic rings.